The molecule has 0 amide bonds. The third-order valence-corrected chi connectivity index (χ3v) is 13.4. The highest BCUT2D eigenvalue weighted by molar-refractivity contribution is 6.24. The van der Waals surface area contributed by atoms with Gasteiger partial charge in [-0.2, -0.15) is 9.97 Å². The normalized spacial score (nSPS) is 11.8. The second-order valence-corrected chi connectivity index (χ2v) is 17.4. The van der Waals surface area contributed by atoms with Gasteiger partial charge in [-0.1, -0.05) is 182 Å². The minimum absolute atomic E-state index is 0.483. The van der Waals surface area contributed by atoms with Gasteiger partial charge in [-0.3, -0.25) is 4.57 Å². The number of oxazole rings is 1. The average Bonchev–Trinajstić information content (AvgIpc) is 4.12. The molecule has 0 aliphatic rings. The monoisotopic (exact) mass is 882 g/mol. The van der Waals surface area contributed by atoms with Crippen LogP contribution in [-0.2, 0) is 0 Å². The van der Waals surface area contributed by atoms with Crippen molar-refractivity contribution >= 4 is 65.5 Å². The van der Waals surface area contributed by atoms with E-state index in [1.165, 1.54) is 27.5 Å². The van der Waals surface area contributed by atoms with Crippen LogP contribution in [0.15, 0.2) is 235 Å². The third-order valence-electron chi connectivity index (χ3n) is 13.4. The van der Waals surface area contributed by atoms with Gasteiger partial charge >= 0.3 is 0 Å². The van der Waals surface area contributed by atoms with E-state index in [1.54, 1.807) is 0 Å². The summed E-state index contributed by atoms with van der Waals surface area (Å²) in [6.07, 6.45) is 0. The highest BCUT2D eigenvalue weighted by atomic mass is 16.3. The topological polar surface area (TPSA) is 74.6 Å². The lowest BCUT2D eigenvalue weighted by Gasteiger charge is -2.15. The van der Waals surface area contributed by atoms with Crippen LogP contribution in [0, 0.1) is 0 Å². The Bertz CT molecular complexity index is 4300. The minimum atomic E-state index is 0.483. The Balaban J connectivity index is 1.05. The van der Waals surface area contributed by atoms with Crippen molar-refractivity contribution in [2.45, 2.75) is 0 Å². The lowest BCUT2D eigenvalue weighted by atomic mass is 9.91. The number of aromatic nitrogens is 6. The zero-order valence-electron chi connectivity index (χ0n) is 37.0. The van der Waals surface area contributed by atoms with Crippen LogP contribution >= 0.6 is 0 Å². The molecule has 0 N–H and O–H groups in total. The summed E-state index contributed by atoms with van der Waals surface area (Å²) in [7, 11) is 0. The van der Waals surface area contributed by atoms with E-state index in [1.807, 2.05) is 78.9 Å². The van der Waals surface area contributed by atoms with Gasteiger partial charge in [0.15, 0.2) is 17.2 Å². The molecule has 0 radical (unpaired) electrons. The summed E-state index contributed by atoms with van der Waals surface area (Å²) in [6.45, 7) is 0. The van der Waals surface area contributed by atoms with Crippen LogP contribution in [0.25, 0.3) is 134 Å². The Labute approximate surface area is 395 Å². The summed E-state index contributed by atoms with van der Waals surface area (Å²) in [5, 5.41) is 6.89. The third kappa shape index (κ3) is 6.21. The maximum Gasteiger partial charge on any atom is 0.238 e. The van der Waals surface area contributed by atoms with E-state index in [0.29, 0.717) is 29.1 Å². The summed E-state index contributed by atoms with van der Waals surface area (Å²) in [6, 6.07) is 80.7. The molecular formula is C62H38N6O. The standard InChI is InChI=1S/C62H38N6O/c1-4-18-39(19-5-1)45-30-15-24-40-25-16-31-46(55(40)45)43-26-14-27-44(38-43)67-53-34-12-10-28-47(53)49-36-37-50-48-29-11-13-35-54(48)68(57(50)56(49)67)62-65-59(41-20-6-2-7-21-41)64-60(66-62)51-32-17-33-52-58(51)69-61(63-52)42-22-8-3-9-23-42/h1-38H. The molecule has 7 nitrogen and oxygen atoms in total. The number of rotatable bonds is 7. The number of fused-ring (bicyclic) bond motifs is 9. The molecule has 0 unspecified atom stereocenters. The zero-order chi connectivity index (χ0) is 45.4. The molecule has 0 spiro atoms. The fourth-order valence-electron chi connectivity index (χ4n) is 10.4. The van der Waals surface area contributed by atoms with E-state index in [4.69, 9.17) is 24.4 Å². The average molecular weight is 883 g/mol. The highest BCUT2D eigenvalue weighted by Crippen LogP contribution is 2.43. The van der Waals surface area contributed by atoms with Gasteiger partial charge in [0.2, 0.25) is 11.8 Å². The van der Waals surface area contributed by atoms with Crippen LogP contribution in [0.2, 0.25) is 0 Å². The molecule has 322 valence electrons. The Morgan fingerprint density at radius 1 is 0.348 bits per heavy atom. The zero-order valence-corrected chi connectivity index (χ0v) is 37.0. The van der Waals surface area contributed by atoms with Crippen molar-refractivity contribution in [1.82, 2.24) is 29.1 Å². The molecule has 4 aromatic heterocycles. The lowest BCUT2D eigenvalue weighted by Crippen LogP contribution is -2.07. The quantitative estimate of drug-likeness (QED) is 0.159. The van der Waals surface area contributed by atoms with E-state index in [0.717, 1.165) is 77.1 Å². The van der Waals surface area contributed by atoms with E-state index >= 15 is 0 Å². The molecule has 0 bridgehead atoms. The first-order valence-corrected chi connectivity index (χ1v) is 23.1. The number of nitrogens with zero attached hydrogens (tertiary/aromatic N) is 6. The summed E-state index contributed by atoms with van der Waals surface area (Å²) in [4.78, 5) is 20.9. The number of hydrogen-bond acceptors (Lipinski definition) is 5. The number of para-hydroxylation sites is 3. The van der Waals surface area contributed by atoms with Gasteiger partial charge in [-0.15, -0.1) is 0 Å². The van der Waals surface area contributed by atoms with Crippen LogP contribution < -0.4 is 0 Å². The summed E-state index contributed by atoms with van der Waals surface area (Å²) in [5.74, 6) is 2.06. The van der Waals surface area contributed by atoms with Crippen molar-refractivity contribution in [2.24, 2.45) is 0 Å². The molecule has 0 saturated carbocycles. The molecule has 7 heteroatoms. The molecular weight excluding hydrogens is 845 g/mol. The molecule has 0 saturated heterocycles. The van der Waals surface area contributed by atoms with Gasteiger partial charge in [-0.25, -0.2) is 9.97 Å². The Morgan fingerprint density at radius 2 is 0.884 bits per heavy atom. The first-order valence-electron chi connectivity index (χ1n) is 23.1. The minimum Gasteiger partial charge on any atom is -0.435 e. The van der Waals surface area contributed by atoms with Crippen LogP contribution in [0.3, 0.4) is 0 Å². The molecule has 0 fully saturated rings. The Hall–Kier alpha value is -9.46. The van der Waals surface area contributed by atoms with Gasteiger partial charge in [-0.05, 0) is 81.6 Å². The molecule has 4 heterocycles. The predicted octanol–water partition coefficient (Wildman–Crippen LogP) is 15.7. The van der Waals surface area contributed by atoms with Crippen molar-refractivity contribution in [1.29, 1.82) is 0 Å². The lowest BCUT2D eigenvalue weighted by molar-refractivity contribution is 0.620. The molecule has 0 aliphatic heterocycles. The van der Waals surface area contributed by atoms with Gasteiger partial charge < -0.3 is 8.98 Å². The highest BCUT2D eigenvalue weighted by Gasteiger charge is 2.25. The second kappa shape index (κ2) is 15.6. The van der Waals surface area contributed by atoms with Crippen LogP contribution in [0.5, 0.6) is 0 Å². The number of benzene rings is 10. The fourth-order valence-corrected chi connectivity index (χ4v) is 10.4. The Morgan fingerprint density at radius 3 is 1.59 bits per heavy atom. The first-order chi connectivity index (χ1) is 34.2. The maximum atomic E-state index is 6.58. The van der Waals surface area contributed by atoms with Crippen molar-refractivity contribution < 1.29 is 4.42 Å². The van der Waals surface area contributed by atoms with Crippen molar-refractivity contribution in [3.8, 4) is 68.1 Å². The van der Waals surface area contributed by atoms with Crippen molar-refractivity contribution in [2.75, 3.05) is 0 Å². The second-order valence-electron chi connectivity index (χ2n) is 17.4. The van der Waals surface area contributed by atoms with Crippen molar-refractivity contribution in [3.63, 3.8) is 0 Å². The van der Waals surface area contributed by atoms with E-state index in [9.17, 15) is 0 Å². The summed E-state index contributed by atoms with van der Waals surface area (Å²) >= 11 is 0. The fraction of sp³-hybridized carbons (Fsp3) is 0. The van der Waals surface area contributed by atoms with Gasteiger partial charge in [0.25, 0.3) is 0 Å². The number of hydrogen-bond donors (Lipinski definition) is 0. The molecule has 0 aliphatic carbocycles. The Kier molecular flexibility index (Phi) is 8.75. The van der Waals surface area contributed by atoms with E-state index in [2.05, 4.69) is 161 Å². The predicted molar refractivity (Wildman–Crippen MR) is 281 cm³/mol. The van der Waals surface area contributed by atoms with E-state index < -0.39 is 0 Å². The van der Waals surface area contributed by atoms with E-state index in [-0.39, 0.29) is 0 Å². The van der Waals surface area contributed by atoms with Crippen LogP contribution in [0.4, 0.5) is 0 Å². The first kappa shape index (κ1) is 38.8. The van der Waals surface area contributed by atoms with Crippen molar-refractivity contribution in [3.05, 3.63) is 231 Å². The largest absolute Gasteiger partial charge is 0.435 e. The maximum absolute atomic E-state index is 6.58. The molecule has 14 aromatic rings. The van der Waals surface area contributed by atoms with Crippen LogP contribution in [0.1, 0.15) is 0 Å². The molecule has 14 rings (SSSR count). The van der Waals surface area contributed by atoms with Crippen LogP contribution in [-0.4, -0.2) is 29.1 Å². The smallest absolute Gasteiger partial charge is 0.238 e. The summed E-state index contributed by atoms with van der Waals surface area (Å²) in [5.41, 5.74) is 13.7. The summed E-state index contributed by atoms with van der Waals surface area (Å²) < 4.78 is 11.2. The van der Waals surface area contributed by atoms with Gasteiger partial charge in [0, 0.05) is 38.4 Å². The van der Waals surface area contributed by atoms with Gasteiger partial charge in [0.1, 0.15) is 5.52 Å². The molecule has 10 aromatic carbocycles. The SMILES string of the molecule is c1ccc(-c2nc(-c3cccc4nc(-c5ccccc5)oc34)nc(-n3c4ccccc4c4ccc5c6ccccc6n(-c6cccc(-c7cccc8cccc(-c9ccccc9)c78)c6)c5c43)n2)cc1. The van der Waals surface area contributed by atoms with Gasteiger partial charge in [0.05, 0.1) is 27.6 Å². The molecule has 69 heavy (non-hydrogen) atoms. The molecule has 0 atom stereocenters.